The number of rotatable bonds is 2. The summed E-state index contributed by atoms with van der Waals surface area (Å²) in [6, 6.07) is 4.84. The van der Waals surface area contributed by atoms with Crippen LogP contribution in [0.4, 0.5) is 12.9 Å². The second-order valence-electron chi connectivity index (χ2n) is 2.99. The number of aryl methyl sites for hydroxylation is 1. The molecule has 1 aromatic rings. The molecule has 14 heavy (non-hydrogen) atoms. The summed E-state index contributed by atoms with van der Waals surface area (Å²) in [7, 11) is 0. The Morgan fingerprint density at radius 2 is 1.93 bits per heavy atom. The highest BCUT2D eigenvalue weighted by Crippen LogP contribution is 2.19. The van der Waals surface area contributed by atoms with Gasteiger partial charge in [0.25, 0.3) is 0 Å². The maximum absolute atomic E-state index is 11.9. The van der Waals surface area contributed by atoms with Crippen molar-refractivity contribution in [3.8, 4) is 0 Å². The maximum atomic E-state index is 11.9. The van der Waals surface area contributed by atoms with Gasteiger partial charge in [-0.25, -0.2) is 0 Å². The predicted molar refractivity (Wildman–Crippen MR) is 54.3 cm³/mol. The van der Waals surface area contributed by atoms with Crippen LogP contribution in [0, 0.1) is 6.92 Å². The average Bonchev–Trinajstić information content (AvgIpc) is 2.05. The summed E-state index contributed by atoms with van der Waals surface area (Å²) < 4.78 is 35.7. The molecule has 0 aliphatic carbocycles. The third-order valence-corrected chi connectivity index (χ3v) is 1.97. The van der Waals surface area contributed by atoms with Crippen molar-refractivity contribution in [3.63, 3.8) is 0 Å². The van der Waals surface area contributed by atoms with Crippen LogP contribution in [0.1, 0.15) is 11.1 Å². The van der Waals surface area contributed by atoms with E-state index >= 15 is 0 Å². The van der Waals surface area contributed by atoms with Gasteiger partial charge in [0, 0.05) is 5.02 Å². The van der Waals surface area contributed by atoms with Crippen LogP contribution in [-0.2, 0) is 0 Å². The lowest BCUT2D eigenvalue weighted by molar-refractivity contribution is 0.499. The molecule has 0 radical (unpaired) electrons. The molecule has 0 spiro atoms. The first-order chi connectivity index (χ1) is 6.38. The van der Waals surface area contributed by atoms with Crippen LogP contribution in [0.15, 0.2) is 24.2 Å². The third kappa shape index (κ3) is 3.46. The lowest BCUT2D eigenvalue weighted by Gasteiger charge is -2.07. The fourth-order valence-electron chi connectivity index (χ4n) is 1.00. The van der Waals surface area contributed by atoms with Crippen molar-refractivity contribution in [2.45, 2.75) is 6.92 Å². The molecule has 0 amide bonds. The van der Waals surface area contributed by atoms with Crippen LogP contribution in [0.3, 0.4) is 0 Å². The minimum atomic E-state index is -4.88. The van der Waals surface area contributed by atoms with Crippen molar-refractivity contribution in [1.82, 2.24) is 0 Å². The van der Waals surface area contributed by atoms with E-state index in [9.17, 15) is 12.9 Å². The van der Waals surface area contributed by atoms with E-state index < -0.39 is 6.98 Å². The highest BCUT2D eigenvalue weighted by atomic mass is 35.5. The van der Waals surface area contributed by atoms with Gasteiger partial charge in [-0.1, -0.05) is 23.7 Å². The van der Waals surface area contributed by atoms with Gasteiger partial charge >= 0.3 is 6.98 Å². The van der Waals surface area contributed by atoms with Gasteiger partial charge in [-0.15, -0.1) is 5.98 Å². The van der Waals surface area contributed by atoms with Gasteiger partial charge in [0.2, 0.25) is 0 Å². The molecule has 1 aromatic carbocycles. The number of hydrogen-bond acceptors (Lipinski definition) is 0. The van der Waals surface area contributed by atoms with Crippen molar-refractivity contribution in [2.75, 3.05) is 0 Å². The fraction of sp³-hybridized carbons (Fsp3) is 0.111. The molecule has 0 fully saturated rings. The van der Waals surface area contributed by atoms with E-state index in [0.717, 1.165) is 11.6 Å². The van der Waals surface area contributed by atoms with Crippen molar-refractivity contribution in [1.29, 1.82) is 0 Å². The van der Waals surface area contributed by atoms with Crippen LogP contribution in [0.2, 0.25) is 5.02 Å². The van der Waals surface area contributed by atoms with E-state index in [1.807, 2.05) is 0 Å². The van der Waals surface area contributed by atoms with Crippen molar-refractivity contribution < 1.29 is 12.9 Å². The Kier molecular flexibility index (Phi) is 3.27. The summed E-state index contributed by atoms with van der Waals surface area (Å²) in [4.78, 5) is 0. The van der Waals surface area contributed by atoms with Crippen LogP contribution in [-0.4, -0.2) is 6.98 Å². The summed E-state index contributed by atoms with van der Waals surface area (Å²) in [6.07, 6.45) is 1.04. The fourth-order valence-corrected chi connectivity index (χ4v) is 1.18. The van der Waals surface area contributed by atoms with E-state index in [-0.39, 0.29) is 5.98 Å². The smallest absolute Gasteiger partial charge is 0.445 e. The first-order valence-corrected chi connectivity index (χ1v) is 4.41. The minimum absolute atomic E-state index is 0.263. The van der Waals surface area contributed by atoms with Crippen LogP contribution in [0.5, 0.6) is 0 Å². The monoisotopic (exact) mass is 219 g/mol. The predicted octanol–water partition coefficient (Wildman–Crippen LogP) is 4.05. The first-order valence-electron chi connectivity index (χ1n) is 4.04. The van der Waals surface area contributed by atoms with Crippen molar-refractivity contribution in [2.24, 2.45) is 0 Å². The summed E-state index contributed by atoms with van der Waals surface area (Å²) in [5, 5.41) is 0.435. The van der Waals surface area contributed by atoms with E-state index in [1.165, 1.54) is 6.07 Å². The Balaban J connectivity index is 2.97. The Morgan fingerprint density at radius 3 is 2.50 bits per heavy atom. The van der Waals surface area contributed by atoms with Crippen LogP contribution >= 0.6 is 11.6 Å². The molecule has 0 saturated heterocycles. The van der Waals surface area contributed by atoms with E-state index in [2.05, 4.69) is 0 Å². The Labute approximate surface area is 85.4 Å². The number of benzene rings is 1. The van der Waals surface area contributed by atoms with E-state index in [0.29, 0.717) is 10.6 Å². The zero-order valence-corrected chi connectivity index (χ0v) is 8.23. The van der Waals surface area contributed by atoms with Crippen molar-refractivity contribution in [3.05, 3.63) is 40.3 Å². The highest BCUT2D eigenvalue weighted by Gasteiger charge is 2.17. The summed E-state index contributed by atoms with van der Waals surface area (Å²) in [6.45, 7) is -3.14. The second-order valence-corrected chi connectivity index (χ2v) is 3.42. The Hall–Kier alpha value is -0.895. The molecular formula is C9H8BClF3-. The van der Waals surface area contributed by atoms with E-state index in [1.54, 1.807) is 19.1 Å². The molecule has 0 unspecified atom stereocenters. The number of hydrogen-bond donors (Lipinski definition) is 0. The second kappa shape index (κ2) is 4.09. The molecule has 0 aliphatic heterocycles. The Bertz CT molecular complexity index is 358. The molecule has 0 bridgehead atoms. The average molecular weight is 219 g/mol. The lowest BCUT2D eigenvalue weighted by atomic mass is 9.90. The minimum Gasteiger partial charge on any atom is -0.445 e. The summed E-state index contributed by atoms with van der Waals surface area (Å²) in [5.74, 6) is 0.263. The van der Waals surface area contributed by atoms with Gasteiger partial charge in [0.15, 0.2) is 0 Å². The third-order valence-electron chi connectivity index (χ3n) is 1.74. The van der Waals surface area contributed by atoms with Gasteiger partial charge in [0.1, 0.15) is 0 Å². The maximum Gasteiger partial charge on any atom is 0.502 e. The molecule has 1 rings (SSSR count). The van der Waals surface area contributed by atoms with Crippen molar-refractivity contribution >= 4 is 24.7 Å². The van der Waals surface area contributed by atoms with Crippen LogP contribution < -0.4 is 0 Å². The first kappa shape index (κ1) is 11.2. The normalized spacial score (nSPS) is 12.4. The molecular weight excluding hydrogens is 211 g/mol. The van der Waals surface area contributed by atoms with Gasteiger partial charge < -0.3 is 12.9 Å². The molecule has 5 heteroatoms. The standard InChI is InChI=1S/C9H8BClF3/c1-7-2-3-9(11)6-8(7)4-5-10(12,13)14/h2-6H,1H3/q-1/b5-4+. The molecule has 0 aromatic heterocycles. The van der Waals surface area contributed by atoms with E-state index in [4.69, 9.17) is 11.6 Å². The molecule has 0 atom stereocenters. The Morgan fingerprint density at radius 1 is 1.29 bits per heavy atom. The largest absolute Gasteiger partial charge is 0.502 e. The van der Waals surface area contributed by atoms with Crippen LogP contribution in [0.25, 0.3) is 6.08 Å². The summed E-state index contributed by atoms with van der Waals surface area (Å²) in [5.41, 5.74) is 1.27. The molecule has 0 N–H and O–H groups in total. The van der Waals surface area contributed by atoms with Gasteiger partial charge in [-0.3, -0.25) is 0 Å². The quantitative estimate of drug-likeness (QED) is 0.658. The molecule has 0 heterocycles. The SMILES string of the molecule is Cc1ccc(Cl)cc1/C=C/[B-](F)(F)F. The zero-order chi connectivity index (χ0) is 10.8. The van der Waals surface area contributed by atoms with Gasteiger partial charge in [-0.2, -0.15) is 0 Å². The van der Waals surface area contributed by atoms with Gasteiger partial charge in [0.05, 0.1) is 0 Å². The molecule has 0 nitrogen and oxygen atoms in total. The zero-order valence-electron chi connectivity index (χ0n) is 7.48. The highest BCUT2D eigenvalue weighted by molar-refractivity contribution is 6.64. The molecule has 0 saturated carbocycles. The van der Waals surface area contributed by atoms with Gasteiger partial charge in [-0.05, 0) is 30.2 Å². The number of halogens is 4. The molecule has 76 valence electrons. The summed E-state index contributed by atoms with van der Waals surface area (Å²) >= 11 is 5.66. The lowest BCUT2D eigenvalue weighted by Crippen LogP contribution is -2.09. The molecule has 0 aliphatic rings. The topological polar surface area (TPSA) is 0 Å².